The molecule has 0 bridgehead atoms. The van der Waals surface area contributed by atoms with Crippen molar-refractivity contribution in [3.63, 3.8) is 0 Å². The highest BCUT2D eigenvalue weighted by molar-refractivity contribution is 7.10. The van der Waals surface area contributed by atoms with Gasteiger partial charge >= 0.3 is 11.9 Å². The van der Waals surface area contributed by atoms with Crippen LogP contribution in [-0.4, -0.2) is 48.3 Å². The highest BCUT2D eigenvalue weighted by Gasteiger charge is 2.29. The van der Waals surface area contributed by atoms with Crippen LogP contribution in [0.1, 0.15) is 45.9 Å². The lowest BCUT2D eigenvalue weighted by Gasteiger charge is -2.31. The van der Waals surface area contributed by atoms with Gasteiger partial charge in [-0.3, -0.25) is 9.80 Å². The molecule has 4 atom stereocenters. The van der Waals surface area contributed by atoms with E-state index in [1.807, 2.05) is 180 Å². The average Bonchev–Trinajstić information content (AvgIpc) is 4.07. The van der Waals surface area contributed by atoms with Crippen LogP contribution in [0.3, 0.4) is 0 Å². The van der Waals surface area contributed by atoms with Crippen molar-refractivity contribution < 1.29 is 28.5 Å². The van der Waals surface area contributed by atoms with Crippen molar-refractivity contribution in [2.45, 2.75) is 50.6 Å². The largest absolute Gasteiger partial charge is 0.484 e. The summed E-state index contributed by atoms with van der Waals surface area (Å²) < 4.78 is 26.0. The third-order valence-electron chi connectivity index (χ3n) is 11.0. The first-order valence-corrected chi connectivity index (χ1v) is 23.1. The zero-order valence-corrected chi connectivity index (χ0v) is 37.4. The fourth-order valence-electron chi connectivity index (χ4n) is 7.73. The fourth-order valence-corrected chi connectivity index (χ4v) is 9.26. The van der Waals surface area contributed by atoms with Crippen molar-refractivity contribution >= 4 is 56.2 Å². The standard InChI is InChI=1S/C54H50N2O6S2/c1-55(37-39-17-5-3-6-18-39)51(35-47(49-29-15-33-63-49)59-45-27-13-23-41-21-9-11-25-43(41)45)61-53(57)31-32-54(58)62-52(56(2)38-40-19-7-4-8-20-40)36-48(50-30-16-34-64-50)60-46-28-14-24-42-22-10-12-26-44(42)46/h3-34,47-48,51-52H,35-38H2,1-2H3/b32-31-/t47-,48-,51?,52?/m0/s1. The SMILES string of the molecule is CN(Cc1ccccc1)C(C[C@H](Oc1cccc2ccccc12)c1cccs1)OC(=O)/C=C\C(=O)OC(C[C@H](Oc1cccc2ccccc12)c1cccs1)N(C)Cc1ccccc1. The molecule has 324 valence electrons. The van der Waals surface area contributed by atoms with Crippen molar-refractivity contribution in [1.82, 2.24) is 9.80 Å². The molecule has 0 fully saturated rings. The summed E-state index contributed by atoms with van der Waals surface area (Å²) in [4.78, 5) is 33.6. The Labute approximate surface area is 382 Å². The quantitative estimate of drug-likeness (QED) is 0.0425. The second kappa shape index (κ2) is 21.7. The molecule has 0 spiro atoms. The normalized spacial score (nSPS) is 13.5. The summed E-state index contributed by atoms with van der Waals surface area (Å²) in [6.07, 6.45) is 0.613. The third-order valence-corrected chi connectivity index (χ3v) is 12.9. The molecule has 8 nitrogen and oxygen atoms in total. The van der Waals surface area contributed by atoms with E-state index >= 15 is 0 Å². The molecule has 0 aliphatic heterocycles. The van der Waals surface area contributed by atoms with Gasteiger partial charge in [0.25, 0.3) is 0 Å². The van der Waals surface area contributed by atoms with Crippen LogP contribution in [0.25, 0.3) is 21.5 Å². The summed E-state index contributed by atoms with van der Waals surface area (Å²) in [6.45, 7) is 1.02. The minimum Gasteiger partial charge on any atom is -0.484 e. The number of ether oxygens (including phenoxy) is 4. The number of benzene rings is 6. The molecule has 2 aromatic heterocycles. The summed E-state index contributed by atoms with van der Waals surface area (Å²) in [6, 6.07) is 56.3. The van der Waals surface area contributed by atoms with Gasteiger partial charge in [-0.25, -0.2) is 9.59 Å². The predicted octanol–water partition coefficient (Wildman–Crippen LogP) is 12.4. The van der Waals surface area contributed by atoms with Gasteiger partial charge in [0.1, 0.15) is 23.7 Å². The first-order chi connectivity index (χ1) is 31.4. The van der Waals surface area contributed by atoms with Crippen LogP contribution in [0.4, 0.5) is 0 Å². The molecular weight excluding hydrogens is 837 g/mol. The molecular formula is C54H50N2O6S2. The van der Waals surface area contributed by atoms with Gasteiger partial charge in [-0.05, 0) is 71.0 Å². The number of carbonyl (C=O) groups excluding carboxylic acids is 2. The number of rotatable bonds is 20. The van der Waals surface area contributed by atoms with E-state index in [0.717, 1.165) is 66.1 Å². The predicted molar refractivity (Wildman–Crippen MR) is 257 cm³/mol. The van der Waals surface area contributed by atoms with E-state index < -0.39 is 36.6 Å². The van der Waals surface area contributed by atoms with E-state index in [2.05, 4.69) is 24.3 Å². The lowest BCUT2D eigenvalue weighted by Crippen LogP contribution is -2.37. The summed E-state index contributed by atoms with van der Waals surface area (Å²) in [5.41, 5.74) is 2.12. The van der Waals surface area contributed by atoms with Crippen LogP contribution in [0.5, 0.6) is 11.5 Å². The van der Waals surface area contributed by atoms with Gasteiger partial charge in [-0.1, -0.05) is 146 Å². The Hall–Kier alpha value is -6.56. The molecule has 8 aromatic rings. The van der Waals surface area contributed by atoms with Gasteiger partial charge < -0.3 is 18.9 Å². The molecule has 0 amide bonds. The van der Waals surface area contributed by atoms with Gasteiger partial charge in [-0.15, -0.1) is 22.7 Å². The van der Waals surface area contributed by atoms with E-state index in [9.17, 15) is 9.59 Å². The van der Waals surface area contributed by atoms with Gasteiger partial charge in [0, 0.05) is 58.6 Å². The van der Waals surface area contributed by atoms with Crippen molar-refractivity contribution in [1.29, 1.82) is 0 Å². The average molecular weight is 887 g/mol. The number of fused-ring (bicyclic) bond motifs is 2. The molecule has 0 aliphatic carbocycles. The minimum atomic E-state index is -0.724. The molecule has 0 radical (unpaired) electrons. The van der Waals surface area contributed by atoms with E-state index in [1.54, 1.807) is 22.7 Å². The second-order valence-corrected chi connectivity index (χ2v) is 17.5. The van der Waals surface area contributed by atoms with E-state index in [4.69, 9.17) is 18.9 Å². The molecule has 2 unspecified atom stereocenters. The van der Waals surface area contributed by atoms with Crippen LogP contribution in [0.15, 0.2) is 193 Å². The maximum atomic E-state index is 13.8. The number of hydrogen-bond acceptors (Lipinski definition) is 10. The highest BCUT2D eigenvalue weighted by atomic mass is 32.1. The van der Waals surface area contributed by atoms with Crippen molar-refractivity contribution in [3.8, 4) is 11.5 Å². The summed E-state index contributed by atoms with van der Waals surface area (Å²) in [5, 5.41) is 8.15. The number of nitrogens with zero attached hydrogens (tertiary/aromatic N) is 2. The maximum Gasteiger partial charge on any atom is 0.332 e. The van der Waals surface area contributed by atoms with E-state index in [-0.39, 0.29) is 0 Å². The zero-order chi connectivity index (χ0) is 44.1. The summed E-state index contributed by atoms with van der Waals surface area (Å²) in [7, 11) is 3.84. The topological polar surface area (TPSA) is 77.5 Å². The Morgan fingerprint density at radius 2 is 0.875 bits per heavy atom. The van der Waals surface area contributed by atoms with Gasteiger partial charge in [0.15, 0.2) is 12.5 Å². The lowest BCUT2D eigenvalue weighted by molar-refractivity contribution is -0.158. The van der Waals surface area contributed by atoms with E-state index in [0.29, 0.717) is 25.9 Å². The molecule has 0 aliphatic rings. The van der Waals surface area contributed by atoms with Gasteiger partial charge in [0.05, 0.1) is 0 Å². The Balaban J connectivity index is 1.02. The number of hydrogen-bond donors (Lipinski definition) is 0. The first-order valence-electron chi connectivity index (χ1n) is 21.3. The first kappa shape index (κ1) is 44.1. The molecule has 2 heterocycles. The third kappa shape index (κ3) is 11.7. The van der Waals surface area contributed by atoms with Gasteiger partial charge in [0.2, 0.25) is 0 Å². The van der Waals surface area contributed by atoms with Gasteiger partial charge in [-0.2, -0.15) is 0 Å². The molecule has 0 saturated carbocycles. The lowest BCUT2D eigenvalue weighted by atomic mass is 10.1. The van der Waals surface area contributed by atoms with Crippen LogP contribution in [0, 0.1) is 0 Å². The van der Waals surface area contributed by atoms with Crippen LogP contribution < -0.4 is 9.47 Å². The minimum absolute atomic E-state index is 0.324. The van der Waals surface area contributed by atoms with Crippen molar-refractivity contribution in [3.05, 3.63) is 214 Å². The number of carbonyl (C=O) groups is 2. The Bertz CT molecular complexity index is 2540. The number of thiophene rings is 2. The number of esters is 2. The zero-order valence-electron chi connectivity index (χ0n) is 35.8. The summed E-state index contributed by atoms with van der Waals surface area (Å²) in [5.74, 6) is 0.125. The van der Waals surface area contributed by atoms with E-state index in [1.165, 1.54) is 0 Å². The van der Waals surface area contributed by atoms with Crippen molar-refractivity contribution in [2.24, 2.45) is 0 Å². The highest BCUT2D eigenvalue weighted by Crippen LogP contribution is 2.36. The fraction of sp³-hybridized carbons (Fsp3) is 0.185. The second-order valence-electron chi connectivity index (χ2n) is 15.6. The Morgan fingerprint density at radius 3 is 1.28 bits per heavy atom. The van der Waals surface area contributed by atoms with Crippen LogP contribution in [-0.2, 0) is 32.2 Å². The molecule has 0 saturated heterocycles. The molecule has 10 heteroatoms. The molecule has 64 heavy (non-hydrogen) atoms. The maximum absolute atomic E-state index is 13.8. The molecule has 6 aromatic carbocycles. The summed E-state index contributed by atoms with van der Waals surface area (Å²) >= 11 is 3.17. The van der Waals surface area contributed by atoms with Crippen LogP contribution >= 0.6 is 22.7 Å². The Kier molecular flexibility index (Phi) is 14.9. The monoisotopic (exact) mass is 886 g/mol. The van der Waals surface area contributed by atoms with Crippen molar-refractivity contribution in [2.75, 3.05) is 14.1 Å². The molecule has 0 N–H and O–H groups in total. The Morgan fingerprint density at radius 1 is 0.484 bits per heavy atom. The molecule has 8 rings (SSSR count). The smallest absolute Gasteiger partial charge is 0.332 e. The van der Waals surface area contributed by atoms with Crippen LogP contribution in [0.2, 0.25) is 0 Å².